The SMILES string of the molecule is CCNC(CCC(C)(C)C)C1CSCCS1. The fourth-order valence-electron chi connectivity index (χ4n) is 2.01. The molecule has 1 aliphatic heterocycles. The van der Waals surface area contributed by atoms with Crippen LogP contribution in [0.15, 0.2) is 0 Å². The molecule has 1 fully saturated rings. The highest BCUT2D eigenvalue weighted by Gasteiger charge is 2.25. The molecule has 0 aromatic rings. The van der Waals surface area contributed by atoms with E-state index in [1.165, 1.54) is 30.1 Å². The second-order valence-corrected chi connectivity index (χ2v) is 8.24. The Morgan fingerprint density at radius 1 is 1.31 bits per heavy atom. The van der Waals surface area contributed by atoms with Crippen molar-refractivity contribution in [1.82, 2.24) is 5.32 Å². The molecule has 1 saturated heterocycles. The summed E-state index contributed by atoms with van der Waals surface area (Å²) in [6.45, 7) is 10.4. The third-order valence-electron chi connectivity index (χ3n) is 2.96. The topological polar surface area (TPSA) is 12.0 Å². The van der Waals surface area contributed by atoms with E-state index >= 15 is 0 Å². The highest BCUT2D eigenvalue weighted by atomic mass is 32.2. The Morgan fingerprint density at radius 2 is 2.06 bits per heavy atom. The largest absolute Gasteiger partial charge is 0.313 e. The summed E-state index contributed by atoms with van der Waals surface area (Å²) < 4.78 is 0. The molecule has 2 unspecified atom stereocenters. The summed E-state index contributed by atoms with van der Waals surface area (Å²) in [4.78, 5) is 0. The summed E-state index contributed by atoms with van der Waals surface area (Å²) in [6, 6.07) is 0.724. The number of rotatable bonds is 5. The molecule has 3 heteroatoms. The quantitative estimate of drug-likeness (QED) is 0.811. The van der Waals surface area contributed by atoms with Crippen LogP contribution in [0.5, 0.6) is 0 Å². The fraction of sp³-hybridized carbons (Fsp3) is 1.00. The lowest BCUT2D eigenvalue weighted by Crippen LogP contribution is -2.41. The van der Waals surface area contributed by atoms with Gasteiger partial charge in [-0.3, -0.25) is 0 Å². The van der Waals surface area contributed by atoms with Gasteiger partial charge in [0.05, 0.1) is 0 Å². The summed E-state index contributed by atoms with van der Waals surface area (Å²) in [5.41, 5.74) is 0.472. The lowest BCUT2D eigenvalue weighted by Gasteiger charge is -2.32. The molecule has 0 radical (unpaired) electrons. The minimum absolute atomic E-state index is 0.472. The molecule has 1 N–H and O–H groups in total. The van der Waals surface area contributed by atoms with Gasteiger partial charge in [0.25, 0.3) is 0 Å². The van der Waals surface area contributed by atoms with E-state index in [9.17, 15) is 0 Å². The molecule has 1 nitrogen and oxygen atoms in total. The average molecular weight is 261 g/mol. The van der Waals surface area contributed by atoms with E-state index < -0.39 is 0 Å². The van der Waals surface area contributed by atoms with Crippen LogP contribution in [-0.4, -0.2) is 35.1 Å². The molecule has 16 heavy (non-hydrogen) atoms. The molecule has 0 amide bonds. The summed E-state index contributed by atoms with van der Waals surface area (Å²) >= 11 is 4.31. The van der Waals surface area contributed by atoms with E-state index in [2.05, 4.69) is 56.5 Å². The zero-order chi connectivity index (χ0) is 12.0. The maximum atomic E-state index is 3.69. The predicted octanol–water partition coefficient (Wildman–Crippen LogP) is 3.64. The van der Waals surface area contributed by atoms with E-state index in [-0.39, 0.29) is 0 Å². The molecular weight excluding hydrogens is 234 g/mol. The predicted molar refractivity (Wildman–Crippen MR) is 79.7 cm³/mol. The molecule has 0 aromatic heterocycles. The van der Waals surface area contributed by atoms with Crippen LogP contribution in [0.2, 0.25) is 0 Å². The summed E-state index contributed by atoms with van der Waals surface area (Å²) in [5, 5.41) is 4.53. The van der Waals surface area contributed by atoms with Gasteiger partial charge in [0, 0.05) is 28.6 Å². The van der Waals surface area contributed by atoms with Crippen LogP contribution in [0.25, 0.3) is 0 Å². The van der Waals surface area contributed by atoms with Crippen LogP contribution in [0.3, 0.4) is 0 Å². The van der Waals surface area contributed by atoms with Crippen LogP contribution in [0.1, 0.15) is 40.5 Å². The maximum Gasteiger partial charge on any atom is 0.0292 e. The molecule has 0 saturated carbocycles. The molecule has 0 aromatic carbocycles. The van der Waals surface area contributed by atoms with Gasteiger partial charge in [0.15, 0.2) is 0 Å². The summed E-state index contributed by atoms with van der Waals surface area (Å²) in [6.07, 6.45) is 2.65. The van der Waals surface area contributed by atoms with E-state index in [0.717, 1.165) is 17.8 Å². The lowest BCUT2D eigenvalue weighted by atomic mass is 9.88. The number of nitrogens with one attached hydrogen (secondary N) is 1. The van der Waals surface area contributed by atoms with Crippen LogP contribution in [0, 0.1) is 5.41 Å². The van der Waals surface area contributed by atoms with Crippen molar-refractivity contribution >= 4 is 23.5 Å². The second-order valence-electron chi connectivity index (χ2n) is 5.75. The Kier molecular flexibility index (Phi) is 6.60. The number of thioether (sulfide) groups is 2. The zero-order valence-electron chi connectivity index (χ0n) is 11.2. The Bertz CT molecular complexity index is 183. The van der Waals surface area contributed by atoms with Gasteiger partial charge >= 0.3 is 0 Å². The van der Waals surface area contributed by atoms with Crippen molar-refractivity contribution in [2.45, 2.75) is 51.8 Å². The lowest BCUT2D eigenvalue weighted by molar-refractivity contribution is 0.331. The average Bonchev–Trinajstić information content (AvgIpc) is 2.24. The van der Waals surface area contributed by atoms with Gasteiger partial charge < -0.3 is 5.32 Å². The van der Waals surface area contributed by atoms with Gasteiger partial charge in [-0.15, -0.1) is 0 Å². The van der Waals surface area contributed by atoms with Crippen molar-refractivity contribution in [3.05, 3.63) is 0 Å². The van der Waals surface area contributed by atoms with Gasteiger partial charge in [-0.25, -0.2) is 0 Å². The number of hydrogen-bond donors (Lipinski definition) is 1. The highest BCUT2D eigenvalue weighted by Crippen LogP contribution is 2.30. The van der Waals surface area contributed by atoms with E-state index in [1.54, 1.807) is 0 Å². The van der Waals surface area contributed by atoms with Crippen molar-refractivity contribution in [3.63, 3.8) is 0 Å². The molecule has 0 aliphatic carbocycles. The van der Waals surface area contributed by atoms with E-state index in [0.29, 0.717) is 5.41 Å². The second kappa shape index (κ2) is 7.17. The maximum absolute atomic E-state index is 3.69. The monoisotopic (exact) mass is 261 g/mol. The molecule has 1 aliphatic rings. The Morgan fingerprint density at radius 3 is 2.56 bits per heavy atom. The Labute approximate surface area is 110 Å². The number of hydrogen-bond acceptors (Lipinski definition) is 3. The Balaban J connectivity index is 2.39. The normalized spacial score (nSPS) is 24.4. The Hall–Kier alpha value is 0.660. The van der Waals surface area contributed by atoms with Crippen LogP contribution < -0.4 is 5.32 Å². The van der Waals surface area contributed by atoms with Crippen molar-refractivity contribution in [3.8, 4) is 0 Å². The first-order chi connectivity index (χ1) is 7.53. The smallest absolute Gasteiger partial charge is 0.0292 e. The van der Waals surface area contributed by atoms with Gasteiger partial charge in [-0.2, -0.15) is 23.5 Å². The molecule has 0 spiro atoms. The highest BCUT2D eigenvalue weighted by molar-refractivity contribution is 8.06. The minimum Gasteiger partial charge on any atom is -0.313 e. The zero-order valence-corrected chi connectivity index (χ0v) is 12.8. The third kappa shape index (κ3) is 5.83. The van der Waals surface area contributed by atoms with E-state index in [1.807, 2.05) is 0 Å². The van der Waals surface area contributed by atoms with Gasteiger partial charge in [-0.1, -0.05) is 27.7 Å². The summed E-state index contributed by atoms with van der Waals surface area (Å²) in [7, 11) is 0. The standard InChI is InChI=1S/C13H27NS2/c1-5-14-11(6-7-13(2,3)4)12-10-15-8-9-16-12/h11-12,14H,5-10H2,1-4H3. The third-order valence-corrected chi connectivity index (χ3v) is 5.88. The fourth-order valence-corrected chi connectivity index (χ4v) is 4.94. The van der Waals surface area contributed by atoms with Gasteiger partial charge in [0.1, 0.15) is 0 Å². The van der Waals surface area contributed by atoms with Crippen molar-refractivity contribution in [2.75, 3.05) is 23.8 Å². The van der Waals surface area contributed by atoms with Gasteiger partial charge in [0.2, 0.25) is 0 Å². The van der Waals surface area contributed by atoms with Crippen molar-refractivity contribution < 1.29 is 0 Å². The molecule has 1 heterocycles. The van der Waals surface area contributed by atoms with Crippen LogP contribution >= 0.6 is 23.5 Å². The molecular formula is C13H27NS2. The molecule has 96 valence electrons. The first-order valence-corrected chi connectivity index (χ1v) is 8.66. The van der Waals surface area contributed by atoms with Crippen molar-refractivity contribution in [1.29, 1.82) is 0 Å². The van der Waals surface area contributed by atoms with Crippen LogP contribution in [0.4, 0.5) is 0 Å². The molecule has 2 atom stereocenters. The van der Waals surface area contributed by atoms with E-state index in [4.69, 9.17) is 0 Å². The van der Waals surface area contributed by atoms with Gasteiger partial charge in [-0.05, 0) is 24.8 Å². The summed E-state index contributed by atoms with van der Waals surface area (Å²) in [5.74, 6) is 4.03. The minimum atomic E-state index is 0.472. The first kappa shape index (κ1) is 14.7. The molecule has 0 bridgehead atoms. The van der Waals surface area contributed by atoms with Crippen molar-refractivity contribution in [2.24, 2.45) is 5.41 Å². The van der Waals surface area contributed by atoms with Crippen LogP contribution in [-0.2, 0) is 0 Å². The molecule has 1 rings (SSSR count). The first-order valence-electron chi connectivity index (χ1n) is 6.45.